The number of phenols is 1. The summed E-state index contributed by atoms with van der Waals surface area (Å²) in [5.74, 6) is -0.204. The third-order valence-corrected chi connectivity index (χ3v) is 7.39. The topological polar surface area (TPSA) is 92.6 Å². The second-order valence-corrected chi connectivity index (χ2v) is 9.57. The van der Waals surface area contributed by atoms with Crippen molar-refractivity contribution < 1.29 is 24.1 Å². The summed E-state index contributed by atoms with van der Waals surface area (Å²) in [5.41, 5.74) is 3.62. The fourth-order valence-electron chi connectivity index (χ4n) is 4.82. The Morgan fingerprint density at radius 3 is 2.53 bits per heavy atom. The van der Waals surface area contributed by atoms with E-state index < -0.39 is 5.85 Å². The zero-order chi connectivity index (χ0) is 24.9. The molecule has 1 saturated heterocycles. The van der Waals surface area contributed by atoms with Gasteiger partial charge in [0, 0.05) is 12.0 Å². The van der Waals surface area contributed by atoms with E-state index in [-0.39, 0.29) is 28.5 Å². The number of benzene rings is 3. The van der Waals surface area contributed by atoms with Gasteiger partial charge in [-0.15, -0.1) is 0 Å². The van der Waals surface area contributed by atoms with Crippen LogP contribution in [0.25, 0.3) is 6.08 Å². The van der Waals surface area contributed by atoms with Crippen LogP contribution in [0.4, 0.5) is 4.79 Å². The molecule has 0 bridgehead atoms. The van der Waals surface area contributed by atoms with Crippen LogP contribution in [0.5, 0.6) is 23.0 Å². The molecule has 0 unspecified atom stereocenters. The van der Waals surface area contributed by atoms with Crippen LogP contribution in [0, 0.1) is 0 Å². The Morgan fingerprint density at radius 2 is 1.81 bits per heavy atom. The minimum atomic E-state index is -1.32. The molecule has 2 N–H and O–H groups in total. The van der Waals surface area contributed by atoms with E-state index in [2.05, 4.69) is 5.32 Å². The third kappa shape index (κ3) is 3.46. The third-order valence-electron chi connectivity index (χ3n) is 6.48. The Kier molecular flexibility index (Phi) is 5.30. The number of ether oxygens (including phenoxy) is 3. The number of fused-ring (bicyclic) bond motifs is 4. The first-order valence-corrected chi connectivity index (χ1v) is 12.2. The second kappa shape index (κ2) is 8.53. The highest BCUT2D eigenvalue weighted by Crippen LogP contribution is 2.53. The molecule has 3 aliphatic heterocycles. The van der Waals surface area contributed by atoms with Gasteiger partial charge in [-0.3, -0.25) is 10.1 Å². The van der Waals surface area contributed by atoms with Crippen LogP contribution >= 0.6 is 11.8 Å². The van der Waals surface area contributed by atoms with Crippen molar-refractivity contribution in [1.29, 1.82) is 0 Å². The maximum Gasteiger partial charge on any atom is 0.314 e. The monoisotopic (exact) mass is 501 g/mol. The van der Waals surface area contributed by atoms with Crippen molar-refractivity contribution >= 4 is 28.8 Å². The molecule has 0 aliphatic carbocycles. The number of hydrogen-bond acceptors (Lipinski definition) is 8. The molecule has 8 nitrogen and oxygen atoms in total. The number of aromatic hydroxyl groups is 1. The predicted molar refractivity (Wildman–Crippen MR) is 137 cm³/mol. The number of carbonyl (C=O) groups is 1. The lowest BCUT2D eigenvalue weighted by molar-refractivity contribution is -0.0949. The number of carbonyl (C=O) groups excluding carboxylic acids is 1. The van der Waals surface area contributed by atoms with E-state index >= 15 is 0 Å². The summed E-state index contributed by atoms with van der Waals surface area (Å²) in [4.78, 5) is 13.4. The van der Waals surface area contributed by atoms with Crippen LogP contribution in [0.1, 0.15) is 29.2 Å². The van der Waals surface area contributed by atoms with E-state index in [4.69, 9.17) is 19.3 Å². The molecule has 3 aromatic carbocycles. The summed E-state index contributed by atoms with van der Waals surface area (Å²) in [7, 11) is 2.94. The average Bonchev–Trinajstić information content (AvgIpc) is 3.48. The number of phenolic OH excluding ortho intramolecular Hbond substituents is 1. The van der Waals surface area contributed by atoms with Gasteiger partial charge in [0.25, 0.3) is 5.24 Å². The molecule has 3 aromatic rings. The van der Waals surface area contributed by atoms with Crippen molar-refractivity contribution in [3.63, 3.8) is 0 Å². The quantitative estimate of drug-likeness (QED) is 0.514. The largest absolute Gasteiger partial charge is 0.502 e. The van der Waals surface area contributed by atoms with Crippen LogP contribution in [0.15, 0.2) is 76.7 Å². The highest BCUT2D eigenvalue weighted by molar-refractivity contribution is 8.17. The smallest absolute Gasteiger partial charge is 0.314 e. The van der Waals surface area contributed by atoms with Gasteiger partial charge in [-0.1, -0.05) is 48.5 Å². The zero-order valence-corrected chi connectivity index (χ0v) is 20.4. The van der Waals surface area contributed by atoms with Gasteiger partial charge >= 0.3 is 5.85 Å². The Hall–Kier alpha value is -4.11. The van der Waals surface area contributed by atoms with Gasteiger partial charge in [-0.2, -0.15) is 5.10 Å². The normalized spacial score (nSPS) is 23.1. The number of hydrazone groups is 1. The molecule has 3 heterocycles. The molecule has 6 rings (SSSR count). The van der Waals surface area contributed by atoms with Gasteiger partial charge in [-0.25, -0.2) is 5.01 Å². The minimum absolute atomic E-state index is 0.0929. The first-order valence-electron chi connectivity index (χ1n) is 11.4. The van der Waals surface area contributed by atoms with Gasteiger partial charge in [0.05, 0.1) is 30.9 Å². The number of nitrogens with zero attached hydrogens (tertiary/aromatic N) is 2. The van der Waals surface area contributed by atoms with Gasteiger partial charge in [0.2, 0.25) is 5.75 Å². The van der Waals surface area contributed by atoms with Crippen molar-refractivity contribution in [1.82, 2.24) is 10.3 Å². The molecule has 0 aromatic heterocycles. The molecule has 0 saturated carbocycles. The van der Waals surface area contributed by atoms with Crippen LogP contribution in [-0.4, -0.2) is 41.1 Å². The lowest BCUT2D eigenvalue weighted by atomic mass is 9.95. The van der Waals surface area contributed by atoms with E-state index in [1.807, 2.05) is 65.7 Å². The molecular weight excluding hydrogens is 478 g/mol. The molecule has 9 heteroatoms. The number of rotatable bonds is 4. The number of methoxy groups -OCH3 is 2. The maximum absolute atomic E-state index is 12.8. The molecular formula is C27H23N3O5S. The van der Waals surface area contributed by atoms with Crippen LogP contribution in [-0.2, 0) is 0 Å². The molecule has 36 heavy (non-hydrogen) atoms. The van der Waals surface area contributed by atoms with Crippen LogP contribution in [0.3, 0.4) is 0 Å². The molecule has 1 amide bonds. The van der Waals surface area contributed by atoms with Gasteiger partial charge in [0.15, 0.2) is 11.5 Å². The average molecular weight is 502 g/mol. The number of thioether (sulfide) groups is 1. The lowest BCUT2D eigenvalue weighted by Crippen LogP contribution is -2.61. The fourth-order valence-corrected chi connectivity index (χ4v) is 5.73. The summed E-state index contributed by atoms with van der Waals surface area (Å²) in [6, 6.07) is 21.1. The number of hydrogen-bond donors (Lipinski definition) is 2. The van der Waals surface area contributed by atoms with Crippen LogP contribution in [0.2, 0.25) is 0 Å². The van der Waals surface area contributed by atoms with E-state index in [1.165, 1.54) is 14.2 Å². The highest BCUT2D eigenvalue weighted by Gasteiger charge is 2.58. The maximum atomic E-state index is 12.8. The number of amides is 1. The summed E-state index contributed by atoms with van der Waals surface area (Å²) < 4.78 is 17.2. The zero-order valence-electron chi connectivity index (χ0n) is 19.6. The van der Waals surface area contributed by atoms with Gasteiger partial charge in [0.1, 0.15) is 5.75 Å². The summed E-state index contributed by atoms with van der Waals surface area (Å²) in [6.07, 6.45) is 2.49. The predicted octanol–water partition coefficient (Wildman–Crippen LogP) is 5.10. The van der Waals surface area contributed by atoms with Crippen molar-refractivity contribution in [2.24, 2.45) is 5.10 Å². The molecule has 3 aliphatic rings. The minimum Gasteiger partial charge on any atom is -0.502 e. The second-order valence-electron chi connectivity index (χ2n) is 8.56. The SMILES string of the molecule is COc1cc(/C=C2\SC(=O)N[C@@]23Oc2ccccc2[C@@H]2CC(c4ccccc4)=NN23)cc(OC)c1O. The molecule has 182 valence electrons. The summed E-state index contributed by atoms with van der Waals surface area (Å²) >= 11 is 1.05. The van der Waals surface area contributed by atoms with Crippen molar-refractivity contribution in [2.75, 3.05) is 14.2 Å². The Labute approximate surface area is 212 Å². The molecule has 2 atom stereocenters. The first kappa shape index (κ1) is 22.4. The van der Waals surface area contributed by atoms with Gasteiger partial charge in [-0.05, 0) is 47.2 Å². The number of nitrogens with one attached hydrogen (secondary N) is 1. The first-order chi connectivity index (χ1) is 17.5. The summed E-state index contributed by atoms with van der Waals surface area (Å²) in [6.45, 7) is 0. The van der Waals surface area contributed by atoms with Crippen molar-refractivity contribution in [3.8, 4) is 23.0 Å². The van der Waals surface area contributed by atoms with E-state index in [0.29, 0.717) is 22.6 Å². The Bertz CT molecular complexity index is 1400. The van der Waals surface area contributed by atoms with Gasteiger partial charge < -0.3 is 19.3 Å². The van der Waals surface area contributed by atoms with Crippen molar-refractivity contribution in [3.05, 3.63) is 88.3 Å². The number of para-hydroxylation sites is 1. The molecule has 1 fully saturated rings. The van der Waals surface area contributed by atoms with Crippen LogP contribution < -0.4 is 19.5 Å². The molecule has 0 radical (unpaired) electrons. The highest BCUT2D eigenvalue weighted by atomic mass is 32.2. The van der Waals surface area contributed by atoms with E-state index in [1.54, 1.807) is 12.1 Å². The molecule has 1 spiro atoms. The van der Waals surface area contributed by atoms with E-state index in [0.717, 1.165) is 28.6 Å². The Balaban J connectivity index is 1.51. The lowest BCUT2D eigenvalue weighted by Gasteiger charge is -2.45. The standard InChI is InChI=1S/C27H23N3O5S/c1-33-22-12-16(13-23(34-2)25(22)31)14-24-27(28-26(32)36-24)30-20(18-10-6-7-11-21(18)35-27)15-19(29-30)17-8-4-3-5-9-17/h3-14,20,31H,15H2,1-2H3,(H,28,32)/b24-14-/t20-,27-/m0/s1. The Morgan fingerprint density at radius 1 is 1.11 bits per heavy atom. The fraction of sp³-hybridized carbons (Fsp3) is 0.185. The summed E-state index contributed by atoms with van der Waals surface area (Å²) in [5, 5.41) is 20.0. The van der Waals surface area contributed by atoms with E-state index in [9.17, 15) is 9.90 Å². The van der Waals surface area contributed by atoms with Crippen molar-refractivity contribution in [2.45, 2.75) is 18.3 Å².